The van der Waals surface area contributed by atoms with Crippen molar-refractivity contribution in [2.75, 3.05) is 12.4 Å². The highest BCUT2D eigenvalue weighted by Gasteiger charge is 2.54. The first-order valence-electron chi connectivity index (χ1n) is 10.5. The molecule has 156 valence electrons. The van der Waals surface area contributed by atoms with E-state index in [2.05, 4.69) is 30.7 Å². The molecule has 0 saturated heterocycles. The summed E-state index contributed by atoms with van der Waals surface area (Å²) in [4.78, 5) is 23.8. The standard InChI is InChI=1S/C21H24N6O3/c1-22-19(28)20-26-18(27-30-20)14-9-24-17-13(2-3-23-17)16(14)25-15-11-4-10-5-12(15)8-21(29,6-10)7-11/h2-3,9-12,15,29H,4-8H2,1H3,(H,22,28)(H2,23,24,25)/t10?,11-,12+,15-,21-. The van der Waals surface area contributed by atoms with E-state index in [-0.39, 0.29) is 11.9 Å². The molecule has 4 saturated carbocycles. The van der Waals surface area contributed by atoms with Gasteiger partial charge in [-0.3, -0.25) is 4.79 Å². The van der Waals surface area contributed by atoms with Crippen LogP contribution < -0.4 is 10.6 Å². The summed E-state index contributed by atoms with van der Waals surface area (Å²) >= 11 is 0. The molecule has 30 heavy (non-hydrogen) atoms. The lowest BCUT2D eigenvalue weighted by Gasteiger charge is -2.58. The first-order chi connectivity index (χ1) is 14.5. The summed E-state index contributed by atoms with van der Waals surface area (Å²) in [6.07, 6.45) is 8.57. The van der Waals surface area contributed by atoms with E-state index in [1.807, 2.05) is 12.3 Å². The molecule has 5 atom stereocenters. The predicted octanol–water partition coefficient (Wildman–Crippen LogP) is 2.32. The van der Waals surface area contributed by atoms with Crippen LogP contribution in [0.2, 0.25) is 0 Å². The van der Waals surface area contributed by atoms with Crippen molar-refractivity contribution in [3.63, 3.8) is 0 Å². The first kappa shape index (κ1) is 17.9. The summed E-state index contributed by atoms with van der Waals surface area (Å²) in [6.45, 7) is 0. The maximum Gasteiger partial charge on any atom is 0.316 e. The van der Waals surface area contributed by atoms with Gasteiger partial charge in [-0.1, -0.05) is 5.16 Å². The van der Waals surface area contributed by atoms with Crippen LogP contribution in [0.5, 0.6) is 0 Å². The minimum atomic E-state index is -0.477. The number of fused-ring (bicyclic) bond motifs is 1. The molecule has 0 spiro atoms. The molecule has 3 heterocycles. The average molecular weight is 408 g/mol. The number of carbonyl (C=O) groups is 1. The van der Waals surface area contributed by atoms with Crippen LogP contribution in [0.25, 0.3) is 22.4 Å². The summed E-state index contributed by atoms with van der Waals surface area (Å²) in [5, 5.41) is 22.2. The second-order valence-corrected chi connectivity index (χ2v) is 9.15. The molecule has 4 aliphatic carbocycles. The van der Waals surface area contributed by atoms with E-state index >= 15 is 0 Å². The van der Waals surface area contributed by atoms with Crippen LogP contribution in [0.15, 0.2) is 23.0 Å². The monoisotopic (exact) mass is 408 g/mol. The van der Waals surface area contributed by atoms with Gasteiger partial charge in [-0.2, -0.15) is 4.98 Å². The number of nitrogens with zero attached hydrogens (tertiary/aromatic N) is 3. The van der Waals surface area contributed by atoms with Crippen molar-refractivity contribution in [1.29, 1.82) is 0 Å². The van der Waals surface area contributed by atoms with Crippen molar-refractivity contribution < 1.29 is 14.4 Å². The van der Waals surface area contributed by atoms with Crippen LogP contribution in [-0.4, -0.2) is 49.8 Å². The topological polar surface area (TPSA) is 129 Å². The Bertz CT molecular complexity index is 1120. The Balaban J connectivity index is 1.40. The highest BCUT2D eigenvalue weighted by atomic mass is 16.5. The van der Waals surface area contributed by atoms with Crippen molar-refractivity contribution in [1.82, 2.24) is 25.4 Å². The fourth-order valence-corrected chi connectivity index (χ4v) is 6.25. The number of aliphatic hydroxyl groups is 1. The maximum atomic E-state index is 11.9. The van der Waals surface area contributed by atoms with Crippen molar-refractivity contribution in [3.8, 4) is 11.4 Å². The van der Waals surface area contributed by atoms with E-state index < -0.39 is 11.5 Å². The van der Waals surface area contributed by atoms with Crippen molar-refractivity contribution in [3.05, 3.63) is 24.4 Å². The summed E-state index contributed by atoms with van der Waals surface area (Å²) in [5.41, 5.74) is 1.90. The zero-order valence-corrected chi connectivity index (χ0v) is 16.7. The van der Waals surface area contributed by atoms with Gasteiger partial charge >= 0.3 is 11.8 Å². The van der Waals surface area contributed by atoms with Gasteiger partial charge in [0.05, 0.1) is 16.9 Å². The second-order valence-electron chi connectivity index (χ2n) is 9.15. The average Bonchev–Trinajstić information content (AvgIpc) is 3.38. The molecule has 3 aromatic heterocycles. The van der Waals surface area contributed by atoms with Gasteiger partial charge in [0.1, 0.15) is 5.65 Å². The Morgan fingerprint density at radius 2 is 2.10 bits per heavy atom. The quantitative estimate of drug-likeness (QED) is 0.521. The number of nitrogens with one attached hydrogen (secondary N) is 3. The number of aromatic amines is 1. The van der Waals surface area contributed by atoms with Gasteiger partial charge in [-0.05, 0) is 55.9 Å². The van der Waals surface area contributed by atoms with Gasteiger partial charge in [0, 0.05) is 30.9 Å². The number of hydrogen-bond acceptors (Lipinski definition) is 7. The van der Waals surface area contributed by atoms with Crippen LogP contribution in [0.1, 0.15) is 42.8 Å². The molecule has 0 radical (unpaired) electrons. The third-order valence-electron chi connectivity index (χ3n) is 7.23. The summed E-state index contributed by atoms with van der Waals surface area (Å²) < 4.78 is 5.15. The number of anilines is 1. The minimum absolute atomic E-state index is 0.0792. The van der Waals surface area contributed by atoms with E-state index in [0.29, 0.717) is 29.1 Å². The number of H-pyrrole nitrogens is 1. The number of aromatic nitrogens is 4. The molecule has 9 nitrogen and oxygen atoms in total. The molecule has 7 rings (SSSR count). The largest absolute Gasteiger partial charge is 0.390 e. The SMILES string of the molecule is CNC(=O)c1nc(-c2cnc3[nH]ccc3c2N[C@@H]2[C@@H]3CC4C[C@H]2C[C@@](O)(C4)C3)no1. The molecular formula is C21H24N6O3. The zero-order chi connectivity index (χ0) is 20.5. The maximum absolute atomic E-state index is 11.9. The van der Waals surface area contributed by atoms with E-state index in [0.717, 1.165) is 48.8 Å². The zero-order valence-electron chi connectivity index (χ0n) is 16.7. The van der Waals surface area contributed by atoms with E-state index in [4.69, 9.17) is 4.52 Å². The molecular weight excluding hydrogens is 384 g/mol. The molecule has 0 aliphatic heterocycles. The second kappa shape index (κ2) is 6.28. The highest BCUT2D eigenvalue weighted by molar-refractivity contribution is 5.97. The van der Waals surface area contributed by atoms with Crippen LogP contribution in [0, 0.1) is 17.8 Å². The van der Waals surface area contributed by atoms with Crippen LogP contribution >= 0.6 is 0 Å². The summed E-state index contributed by atoms with van der Waals surface area (Å²) in [7, 11) is 1.52. The van der Waals surface area contributed by atoms with E-state index in [1.54, 1.807) is 6.20 Å². The Kier molecular flexibility index (Phi) is 3.74. The Hall–Kier alpha value is -2.94. The number of carbonyl (C=O) groups excluding carboxylic acids is 1. The molecule has 3 aromatic rings. The van der Waals surface area contributed by atoms with Crippen molar-refractivity contribution in [2.24, 2.45) is 17.8 Å². The van der Waals surface area contributed by atoms with Crippen molar-refractivity contribution >= 4 is 22.6 Å². The molecule has 9 heteroatoms. The van der Waals surface area contributed by atoms with Gasteiger partial charge in [-0.25, -0.2) is 4.98 Å². The number of hydrogen-bond donors (Lipinski definition) is 4. The third-order valence-corrected chi connectivity index (χ3v) is 7.23. The molecule has 4 N–H and O–H groups in total. The van der Waals surface area contributed by atoms with Gasteiger partial charge in [0.25, 0.3) is 0 Å². The van der Waals surface area contributed by atoms with Crippen LogP contribution in [0.4, 0.5) is 5.69 Å². The fraction of sp³-hybridized carbons (Fsp3) is 0.524. The number of rotatable bonds is 4. The summed E-state index contributed by atoms with van der Waals surface area (Å²) in [6, 6.07) is 2.27. The molecule has 4 fully saturated rings. The van der Waals surface area contributed by atoms with E-state index in [9.17, 15) is 9.90 Å². The minimum Gasteiger partial charge on any atom is -0.390 e. The lowest BCUT2D eigenvalue weighted by molar-refractivity contribution is -0.129. The van der Waals surface area contributed by atoms with Gasteiger partial charge in [-0.15, -0.1) is 0 Å². The molecule has 1 amide bonds. The Morgan fingerprint density at radius 3 is 2.83 bits per heavy atom. The van der Waals surface area contributed by atoms with Crippen LogP contribution in [0.3, 0.4) is 0 Å². The lowest BCUT2D eigenvalue weighted by atomic mass is 9.52. The van der Waals surface area contributed by atoms with Crippen molar-refractivity contribution in [2.45, 2.75) is 43.7 Å². The molecule has 0 aromatic carbocycles. The van der Waals surface area contributed by atoms with E-state index in [1.165, 1.54) is 7.05 Å². The fourth-order valence-electron chi connectivity index (χ4n) is 6.25. The van der Waals surface area contributed by atoms with Gasteiger partial charge in [0.2, 0.25) is 5.82 Å². The molecule has 4 aliphatic rings. The van der Waals surface area contributed by atoms with Crippen LogP contribution in [-0.2, 0) is 0 Å². The number of amides is 1. The molecule has 4 bridgehead atoms. The predicted molar refractivity (Wildman–Crippen MR) is 109 cm³/mol. The molecule has 1 unspecified atom stereocenters. The summed E-state index contributed by atoms with van der Waals surface area (Å²) in [5.74, 6) is 1.36. The van der Waals surface area contributed by atoms with Gasteiger partial charge < -0.3 is 25.2 Å². The number of pyridine rings is 1. The lowest BCUT2D eigenvalue weighted by Crippen LogP contribution is -2.59. The third kappa shape index (κ3) is 2.64. The smallest absolute Gasteiger partial charge is 0.316 e. The Morgan fingerprint density at radius 1 is 1.30 bits per heavy atom. The Labute approximate surface area is 172 Å². The highest BCUT2D eigenvalue weighted by Crippen LogP contribution is 2.56. The van der Waals surface area contributed by atoms with Gasteiger partial charge in [0.15, 0.2) is 0 Å². The normalized spacial score (nSPS) is 31.9. The first-order valence-corrected chi connectivity index (χ1v) is 10.5.